The van der Waals surface area contributed by atoms with E-state index in [-0.39, 0.29) is 6.04 Å². The molecule has 1 fully saturated rings. The Morgan fingerprint density at radius 3 is 2.86 bits per heavy atom. The Balaban J connectivity index is 1.97. The maximum absolute atomic E-state index is 11.8. The first-order valence-electron chi connectivity index (χ1n) is 7.49. The van der Waals surface area contributed by atoms with E-state index in [0.717, 1.165) is 25.1 Å². The molecule has 1 aromatic heterocycles. The van der Waals surface area contributed by atoms with E-state index in [1.807, 2.05) is 27.7 Å². The second kappa shape index (κ2) is 6.69. The molecule has 1 unspecified atom stereocenters. The Labute approximate surface area is 136 Å². The van der Waals surface area contributed by atoms with E-state index in [2.05, 4.69) is 20.2 Å². The van der Waals surface area contributed by atoms with Gasteiger partial charge in [0.1, 0.15) is 10.8 Å². The van der Waals surface area contributed by atoms with Crippen molar-refractivity contribution >= 4 is 23.6 Å². The van der Waals surface area contributed by atoms with E-state index in [9.17, 15) is 4.79 Å². The normalized spacial score (nSPS) is 18.4. The van der Waals surface area contributed by atoms with E-state index < -0.39 is 11.7 Å². The van der Waals surface area contributed by atoms with Crippen LogP contribution in [0.1, 0.15) is 39.3 Å². The van der Waals surface area contributed by atoms with Gasteiger partial charge in [-0.05, 0) is 46.6 Å². The van der Waals surface area contributed by atoms with Crippen LogP contribution in [0.2, 0.25) is 5.15 Å². The van der Waals surface area contributed by atoms with Gasteiger partial charge >= 0.3 is 6.09 Å². The third-order valence-electron chi connectivity index (χ3n) is 3.33. The third kappa shape index (κ3) is 4.73. The molecule has 6 nitrogen and oxygen atoms in total. The van der Waals surface area contributed by atoms with E-state index in [4.69, 9.17) is 16.3 Å². The minimum absolute atomic E-state index is 0.158. The first-order valence-corrected chi connectivity index (χ1v) is 7.87. The van der Waals surface area contributed by atoms with Crippen molar-refractivity contribution in [2.45, 2.75) is 52.2 Å². The molecule has 1 saturated heterocycles. The molecule has 1 aromatic rings. The lowest BCUT2D eigenvalue weighted by Crippen LogP contribution is -2.42. The fourth-order valence-electron chi connectivity index (χ4n) is 2.47. The van der Waals surface area contributed by atoms with Crippen molar-refractivity contribution < 1.29 is 9.53 Å². The zero-order valence-electron chi connectivity index (χ0n) is 13.5. The average Bonchev–Trinajstić information content (AvgIpc) is 2.81. The van der Waals surface area contributed by atoms with Crippen LogP contribution in [-0.4, -0.2) is 40.8 Å². The highest BCUT2D eigenvalue weighted by Gasteiger charge is 2.28. The van der Waals surface area contributed by atoms with Crippen LogP contribution in [0, 0.1) is 6.92 Å². The van der Waals surface area contributed by atoms with Crippen molar-refractivity contribution in [3.8, 4) is 0 Å². The highest BCUT2D eigenvalue weighted by Crippen LogP contribution is 2.23. The van der Waals surface area contributed by atoms with Gasteiger partial charge in [0.25, 0.3) is 0 Å². The molecule has 1 aliphatic rings. The molecule has 2 rings (SSSR count). The Morgan fingerprint density at radius 1 is 1.50 bits per heavy atom. The van der Waals surface area contributed by atoms with Crippen molar-refractivity contribution in [3.05, 3.63) is 16.9 Å². The molecule has 0 aliphatic carbocycles. The number of alkyl carbamates (subject to hydrolysis) is 1. The molecule has 1 amide bonds. The van der Waals surface area contributed by atoms with Crippen molar-refractivity contribution in [1.29, 1.82) is 0 Å². The van der Waals surface area contributed by atoms with Crippen LogP contribution in [0.3, 0.4) is 0 Å². The predicted molar refractivity (Wildman–Crippen MR) is 86.4 cm³/mol. The van der Waals surface area contributed by atoms with Gasteiger partial charge in [0.2, 0.25) is 5.95 Å². The first kappa shape index (κ1) is 16.8. The number of halogens is 1. The van der Waals surface area contributed by atoms with E-state index >= 15 is 0 Å². The van der Waals surface area contributed by atoms with Gasteiger partial charge in [-0.25, -0.2) is 14.8 Å². The van der Waals surface area contributed by atoms with Crippen LogP contribution in [0.15, 0.2) is 6.07 Å². The molecular weight excluding hydrogens is 304 g/mol. The van der Waals surface area contributed by atoms with Gasteiger partial charge < -0.3 is 15.0 Å². The number of ether oxygens (including phenoxy) is 1. The molecular formula is C15H23ClN4O2. The highest BCUT2D eigenvalue weighted by atomic mass is 35.5. The molecule has 122 valence electrons. The summed E-state index contributed by atoms with van der Waals surface area (Å²) >= 11 is 6.01. The zero-order chi connectivity index (χ0) is 16.3. The number of aryl methyl sites for hydroxylation is 1. The van der Waals surface area contributed by atoms with Crippen molar-refractivity contribution in [1.82, 2.24) is 15.3 Å². The number of amides is 1. The van der Waals surface area contributed by atoms with Crippen LogP contribution < -0.4 is 10.2 Å². The molecule has 7 heteroatoms. The zero-order valence-corrected chi connectivity index (χ0v) is 14.3. The molecule has 0 radical (unpaired) electrons. The maximum Gasteiger partial charge on any atom is 0.407 e. The summed E-state index contributed by atoms with van der Waals surface area (Å²) in [7, 11) is 0. The van der Waals surface area contributed by atoms with Crippen LogP contribution in [-0.2, 0) is 4.74 Å². The van der Waals surface area contributed by atoms with E-state index in [0.29, 0.717) is 17.6 Å². The molecule has 1 N–H and O–H groups in total. The largest absolute Gasteiger partial charge is 0.444 e. The molecule has 0 bridgehead atoms. The van der Waals surface area contributed by atoms with Gasteiger partial charge in [-0.15, -0.1) is 0 Å². The molecule has 0 aromatic carbocycles. The summed E-state index contributed by atoms with van der Waals surface area (Å²) in [6, 6.07) is 1.89. The van der Waals surface area contributed by atoms with Gasteiger partial charge in [-0.3, -0.25) is 0 Å². The lowest BCUT2D eigenvalue weighted by atomic mass is 10.2. The standard InChI is InChI=1S/C15H23ClN4O2/c1-10-8-12(16)19-13(18-10)20-7-5-6-11(20)9-17-14(21)22-15(2,3)4/h8,11H,5-7,9H2,1-4H3,(H,17,21). The molecule has 22 heavy (non-hydrogen) atoms. The monoisotopic (exact) mass is 326 g/mol. The third-order valence-corrected chi connectivity index (χ3v) is 3.52. The number of nitrogens with one attached hydrogen (secondary N) is 1. The lowest BCUT2D eigenvalue weighted by molar-refractivity contribution is 0.0525. The summed E-state index contributed by atoms with van der Waals surface area (Å²) in [5, 5.41) is 3.26. The van der Waals surface area contributed by atoms with Crippen molar-refractivity contribution in [2.24, 2.45) is 0 Å². The Bertz CT molecular complexity index is 525. The summed E-state index contributed by atoms with van der Waals surface area (Å²) in [5.41, 5.74) is 0.341. The van der Waals surface area contributed by atoms with E-state index in [1.165, 1.54) is 0 Å². The van der Waals surface area contributed by atoms with Crippen molar-refractivity contribution in [2.75, 3.05) is 18.0 Å². The topological polar surface area (TPSA) is 67.4 Å². The maximum atomic E-state index is 11.8. The van der Waals surface area contributed by atoms with Gasteiger partial charge in [-0.1, -0.05) is 11.6 Å². The number of carbonyl (C=O) groups is 1. The number of hydrogen-bond acceptors (Lipinski definition) is 5. The lowest BCUT2D eigenvalue weighted by Gasteiger charge is -2.26. The summed E-state index contributed by atoms with van der Waals surface area (Å²) in [5.74, 6) is 0.624. The van der Waals surface area contributed by atoms with Gasteiger partial charge in [-0.2, -0.15) is 0 Å². The van der Waals surface area contributed by atoms with Crippen LogP contribution in [0.4, 0.5) is 10.7 Å². The molecule has 1 aliphatic heterocycles. The van der Waals surface area contributed by atoms with Crippen LogP contribution in [0.25, 0.3) is 0 Å². The summed E-state index contributed by atoms with van der Waals surface area (Å²) < 4.78 is 5.26. The Morgan fingerprint density at radius 2 is 2.23 bits per heavy atom. The Hall–Kier alpha value is -1.56. The summed E-state index contributed by atoms with van der Waals surface area (Å²) in [6.07, 6.45) is 1.61. The molecule has 1 atom stereocenters. The molecule has 0 spiro atoms. The quantitative estimate of drug-likeness (QED) is 0.865. The van der Waals surface area contributed by atoms with Gasteiger partial charge in [0.05, 0.1) is 0 Å². The van der Waals surface area contributed by atoms with Crippen molar-refractivity contribution in [3.63, 3.8) is 0 Å². The first-order chi connectivity index (χ1) is 10.2. The Kier molecular flexibility index (Phi) is 5.11. The summed E-state index contributed by atoms with van der Waals surface area (Å²) in [4.78, 5) is 22.6. The predicted octanol–water partition coefficient (Wildman–Crippen LogP) is 2.93. The smallest absolute Gasteiger partial charge is 0.407 e. The summed E-state index contributed by atoms with van der Waals surface area (Å²) in [6.45, 7) is 8.79. The minimum Gasteiger partial charge on any atom is -0.444 e. The van der Waals surface area contributed by atoms with Crippen LogP contribution >= 0.6 is 11.6 Å². The second-order valence-corrected chi connectivity index (χ2v) is 6.89. The molecule has 0 saturated carbocycles. The number of aromatic nitrogens is 2. The average molecular weight is 327 g/mol. The number of carbonyl (C=O) groups excluding carboxylic acids is 1. The second-order valence-electron chi connectivity index (χ2n) is 6.50. The number of anilines is 1. The molecule has 2 heterocycles. The number of nitrogens with zero attached hydrogens (tertiary/aromatic N) is 3. The SMILES string of the molecule is Cc1cc(Cl)nc(N2CCCC2CNC(=O)OC(C)(C)C)n1. The highest BCUT2D eigenvalue weighted by molar-refractivity contribution is 6.29. The fraction of sp³-hybridized carbons (Fsp3) is 0.667. The van der Waals surface area contributed by atoms with E-state index in [1.54, 1.807) is 6.07 Å². The fourth-order valence-corrected chi connectivity index (χ4v) is 2.70. The van der Waals surface area contributed by atoms with Gasteiger partial charge in [0, 0.05) is 24.8 Å². The van der Waals surface area contributed by atoms with Gasteiger partial charge in [0.15, 0.2) is 0 Å². The minimum atomic E-state index is -0.493. The number of rotatable bonds is 3. The number of hydrogen-bond donors (Lipinski definition) is 1. The van der Waals surface area contributed by atoms with Crippen LogP contribution in [0.5, 0.6) is 0 Å².